The van der Waals surface area contributed by atoms with Gasteiger partial charge in [-0.05, 0) is 91.4 Å². The van der Waals surface area contributed by atoms with Gasteiger partial charge in [0.15, 0.2) is 0 Å². The average Bonchev–Trinajstić information content (AvgIpc) is 3.00. The van der Waals surface area contributed by atoms with Gasteiger partial charge in [-0.25, -0.2) is 0 Å². The van der Waals surface area contributed by atoms with Crippen molar-refractivity contribution in [2.75, 3.05) is 7.11 Å². The molecule has 0 saturated heterocycles. The average molecular weight is 409 g/mol. The number of methoxy groups -OCH3 is 1. The second-order valence-corrected chi connectivity index (χ2v) is 10.8. The van der Waals surface area contributed by atoms with Gasteiger partial charge < -0.3 is 14.9 Å². The molecule has 0 spiro atoms. The molecule has 3 saturated carbocycles. The van der Waals surface area contributed by atoms with Crippen LogP contribution in [-0.2, 0) is 0 Å². The summed E-state index contributed by atoms with van der Waals surface area (Å²) in [6, 6.07) is 8.14. The minimum absolute atomic E-state index is 0.0185. The molecular formula is C27H36O3. The van der Waals surface area contributed by atoms with Gasteiger partial charge in [-0.1, -0.05) is 43.7 Å². The van der Waals surface area contributed by atoms with E-state index in [-0.39, 0.29) is 23.0 Å². The minimum Gasteiger partial charge on any atom is -0.497 e. The summed E-state index contributed by atoms with van der Waals surface area (Å²) in [5.74, 6) is 2.74. The van der Waals surface area contributed by atoms with Crippen molar-refractivity contribution in [1.29, 1.82) is 0 Å². The van der Waals surface area contributed by atoms with E-state index >= 15 is 0 Å². The van der Waals surface area contributed by atoms with E-state index in [1.165, 1.54) is 17.6 Å². The van der Waals surface area contributed by atoms with E-state index < -0.39 is 0 Å². The van der Waals surface area contributed by atoms with E-state index in [2.05, 4.69) is 38.1 Å². The number of ether oxygens (including phenoxy) is 1. The fourth-order valence-corrected chi connectivity index (χ4v) is 7.55. The van der Waals surface area contributed by atoms with Crippen molar-refractivity contribution in [3.05, 3.63) is 47.1 Å². The Morgan fingerprint density at radius 1 is 1.00 bits per heavy atom. The number of benzene rings is 1. The normalized spacial score (nSPS) is 44.1. The highest BCUT2D eigenvalue weighted by Crippen LogP contribution is 2.65. The van der Waals surface area contributed by atoms with Gasteiger partial charge in [0.05, 0.1) is 19.3 Å². The molecule has 4 aliphatic rings. The third-order valence-electron chi connectivity index (χ3n) is 9.41. The van der Waals surface area contributed by atoms with Crippen LogP contribution in [0.4, 0.5) is 0 Å². The number of allylic oxidation sites excluding steroid dienone is 1. The minimum atomic E-state index is -0.350. The van der Waals surface area contributed by atoms with Crippen molar-refractivity contribution in [2.24, 2.45) is 28.6 Å². The zero-order chi connectivity index (χ0) is 21.1. The lowest BCUT2D eigenvalue weighted by molar-refractivity contribution is -0.0685. The molecule has 0 aromatic heterocycles. The van der Waals surface area contributed by atoms with Crippen molar-refractivity contribution in [3.63, 3.8) is 0 Å². The van der Waals surface area contributed by atoms with Gasteiger partial charge in [0.1, 0.15) is 5.75 Å². The van der Waals surface area contributed by atoms with Crippen molar-refractivity contribution in [1.82, 2.24) is 0 Å². The van der Waals surface area contributed by atoms with Crippen LogP contribution < -0.4 is 4.74 Å². The molecule has 3 nitrogen and oxygen atoms in total. The van der Waals surface area contributed by atoms with E-state index in [0.717, 1.165) is 49.8 Å². The third-order valence-corrected chi connectivity index (χ3v) is 9.41. The molecule has 0 bridgehead atoms. The largest absolute Gasteiger partial charge is 0.497 e. The molecular weight excluding hydrogens is 372 g/mol. The number of hydrogen-bond acceptors (Lipinski definition) is 3. The Labute approximate surface area is 180 Å². The lowest BCUT2D eigenvalue weighted by Crippen LogP contribution is -2.51. The van der Waals surface area contributed by atoms with Crippen LogP contribution in [0.15, 0.2) is 41.5 Å². The Morgan fingerprint density at radius 2 is 1.77 bits per heavy atom. The Balaban J connectivity index is 1.44. The molecule has 1 aromatic carbocycles. The first kappa shape index (κ1) is 20.3. The first-order valence-electron chi connectivity index (χ1n) is 11.8. The molecule has 5 rings (SSSR count). The van der Waals surface area contributed by atoms with Crippen molar-refractivity contribution in [2.45, 2.75) is 71.0 Å². The SMILES string of the molecule is COc1ccc(/C=C2\C[C@@H]3[C@H]4CC=C5C[C@@H](O)CC[C@]5(C)[C@@H]4CC[C@@]3(C)[C@@H]2O)cc1. The molecule has 0 aliphatic heterocycles. The van der Waals surface area contributed by atoms with Crippen LogP contribution in [0, 0.1) is 28.6 Å². The lowest BCUT2D eigenvalue weighted by Gasteiger charge is -2.57. The summed E-state index contributed by atoms with van der Waals surface area (Å²) in [6.45, 7) is 4.79. The summed E-state index contributed by atoms with van der Waals surface area (Å²) < 4.78 is 5.28. The van der Waals surface area contributed by atoms with Crippen molar-refractivity contribution in [3.8, 4) is 5.75 Å². The Kier molecular flexibility index (Phi) is 4.91. The highest BCUT2D eigenvalue weighted by Gasteiger charge is 2.59. The molecule has 0 amide bonds. The maximum atomic E-state index is 11.4. The Hall–Kier alpha value is -1.58. The molecule has 162 valence electrons. The summed E-state index contributed by atoms with van der Waals surface area (Å²) in [5.41, 5.74) is 4.08. The number of hydrogen-bond donors (Lipinski definition) is 2. The van der Waals surface area contributed by atoms with Crippen LogP contribution in [-0.4, -0.2) is 29.5 Å². The number of fused-ring (bicyclic) bond motifs is 5. The van der Waals surface area contributed by atoms with E-state index in [1.807, 2.05) is 12.1 Å². The fraction of sp³-hybridized carbons (Fsp3) is 0.630. The van der Waals surface area contributed by atoms with Crippen LogP contribution in [0.25, 0.3) is 6.08 Å². The molecule has 7 atom stereocenters. The number of aliphatic hydroxyl groups is 2. The number of rotatable bonds is 2. The quantitative estimate of drug-likeness (QED) is 0.647. The van der Waals surface area contributed by atoms with Gasteiger partial charge in [-0.3, -0.25) is 0 Å². The van der Waals surface area contributed by atoms with Gasteiger partial charge in [0, 0.05) is 5.41 Å². The van der Waals surface area contributed by atoms with Crippen LogP contribution >= 0.6 is 0 Å². The predicted molar refractivity (Wildman–Crippen MR) is 120 cm³/mol. The van der Waals surface area contributed by atoms with Crippen LogP contribution in [0.2, 0.25) is 0 Å². The van der Waals surface area contributed by atoms with E-state index in [4.69, 9.17) is 4.74 Å². The smallest absolute Gasteiger partial charge is 0.118 e. The van der Waals surface area contributed by atoms with Gasteiger partial charge in [-0.15, -0.1) is 0 Å². The second-order valence-electron chi connectivity index (χ2n) is 10.8. The van der Waals surface area contributed by atoms with Gasteiger partial charge >= 0.3 is 0 Å². The molecule has 0 unspecified atom stereocenters. The standard InChI is InChI=1S/C27H36O3/c1-26-12-10-20(28)16-19(26)6-9-22-23(26)11-13-27(2)24(22)15-18(25(27)29)14-17-4-7-21(30-3)8-5-17/h4-8,14,20,22-25,28-29H,9-13,15-16H2,1-3H3/b18-14+/t20-,22-,23+,24+,25+,26-,27+/m0/s1. The Bertz CT molecular complexity index is 869. The lowest BCUT2D eigenvalue weighted by atomic mass is 9.48. The summed E-state index contributed by atoms with van der Waals surface area (Å²) in [4.78, 5) is 0. The summed E-state index contributed by atoms with van der Waals surface area (Å²) in [7, 11) is 1.69. The molecule has 3 heteroatoms. The fourth-order valence-electron chi connectivity index (χ4n) is 7.55. The van der Waals surface area contributed by atoms with Crippen LogP contribution in [0.1, 0.15) is 64.4 Å². The van der Waals surface area contributed by atoms with E-state index in [9.17, 15) is 10.2 Å². The number of aliphatic hydroxyl groups excluding tert-OH is 2. The first-order valence-corrected chi connectivity index (χ1v) is 11.8. The van der Waals surface area contributed by atoms with Gasteiger partial charge in [0.2, 0.25) is 0 Å². The topological polar surface area (TPSA) is 49.7 Å². The molecule has 0 heterocycles. The molecule has 4 aliphatic carbocycles. The summed E-state index contributed by atoms with van der Waals surface area (Å²) in [5, 5.41) is 21.6. The van der Waals surface area contributed by atoms with Crippen molar-refractivity contribution >= 4 is 6.08 Å². The second kappa shape index (κ2) is 7.24. The van der Waals surface area contributed by atoms with Gasteiger partial charge in [0.25, 0.3) is 0 Å². The van der Waals surface area contributed by atoms with Crippen LogP contribution in [0.5, 0.6) is 5.75 Å². The molecule has 2 N–H and O–H groups in total. The summed E-state index contributed by atoms with van der Waals surface area (Å²) in [6.07, 6.45) is 11.5. The van der Waals surface area contributed by atoms with Crippen LogP contribution in [0.3, 0.4) is 0 Å². The highest BCUT2D eigenvalue weighted by atomic mass is 16.5. The van der Waals surface area contributed by atoms with Crippen molar-refractivity contribution < 1.29 is 14.9 Å². The first-order chi connectivity index (χ1) is 14.3. The highest BCUT2D eigenvalue weighted by molar-refractivity contribution is 5.56. The maximum Gasteiger partial charge on any atom is 0.118 e. The summed E-state index contributed by atoms with van der Waals surface area (Å²) >= 11 is 0. The van der Waals surface area contributed by atoms with E-state index in [0.29, 0.717) is 17.8 Å². The monoisotopic (exact) mass is 408 g/mol. The zero-order valence-electron chi connectivity index (χ0n) is 18.6. The maximum absolute atomic E-state index is 11.4. The molecule has 30 heavy (non-hydrogen) atoms. The molecule has 0 radical (unpaired) electrons. The third kappa shape index (κ3) is 3.00. The Morgan fingerprint density at radius 3 is 2.50 bits per heavy atom. The zero-order valence-corrected chi connectivity index (χ0v) is 18.6. The predicted octanol–water partition coefficient (Wildman–Crippen LogP) is 5.37. The molecule has 1 aromatic rings. The van der Waals surface area contributed by atoms with Gasteiger partial charge in [-0.2, -0.15) is 0 Å². The van der Waals surface area contributed by atoms with E-state index in [1.54, 1.807) is 7.11 Å². The molecule has 3 fully saturated rings.